The average Bonchev–Trinajstić information content (AvgIpc) is 2.75. The van der Waals surface area contributed by atoms with Crippen molar-refractivity contribution in [2.24, 2.45) is 0 Å². The van der Waals surface area contributed by atoms with Gasteiger partial charge in [-0.3, -0.25) is 0 Å². The highest BCUT2D eigenvalue weighted by Crippen LogP contribution is 2.17. The minimum Gasteiger partial charge on any atom is -0.346 e. The van der Waals surface area contributed by atoms with Crippen molar-refractivity contribution in [3.05, 3.63) is 0 Å². The summed E-state index contributed by atoms with van der Waals surface area (Å²) in [4.78, 5) is 12.9. The summed E-state index contributed by atoms with van der Waals surface area (Å²) < 4.78 is 11.2. The molecule has 0 rings (SSSR count). The molecule has 2 unspecified atom stereocenters. The van der Waals surface area contributed by atoms with E-state index >= 15 is 0 Å². The van der Waals surface area contributed by atoms with E-state index in [0.29, 0.717) is 13.0 Å². The van der Waals surface area contributed by atoms with E-state index in [0.717, 1.165) is 58.0 Å². The minimum absolute atomic E-state index is 0.0308. The van der Waals surface area contributed by atoms with Crippen LogP contribution in [0.15, 0.2) is 0 Å². The van der Waals surface area contributed by atoms with Gasteiger partial charge in [-0.05, 0) is 38.8 Å². The van der Waals surface area contributed by atoms with Crippen LogP contribution in [0.4, 0.5) is 0 Å². The summed E-state index contributed by atoms with van der Waals surface area (Å²) in [5.41, 5.74) is 0. The normalized spacial score (nSPS) is 13.6. The first-order valence-corrected chi connectivity index (χ1v) is 12.8. The zero-order chi connectivity index (χ0) is 22.3. The summed E-state index contributed by atoms with van der Waals surface area (Å²) in [6, 6.07) is 0. The number of hydrogen-bond donors (Lipinski definition) is 1. The van der Waals surface area contributed by atoms with E-state index in [4.69, 9.17) is 9.47 Å². The molecule has 0 spiro atoms. The van der Waals surface area contributed by atoms with E-state index in [1.165, 1.54) is 57.8 Å². The number of hydrogen-bond acceptors (Lipinski definition) is 5. The first-order chi connectivity index (χ1) is 14.7. The molecule has 2 atom stereocenters. The lowest BCUT2D eigenvalue weighted by molar-refractivity contribution is -0.283. The van der Waals surface area contributed by atoms with Gasteiger partial charge in [0, 0.05) is 13.0 Å². The Bertz CT molecular complexity index is 350. The van der Waals surface area contributed by atoms with Crippen molar-refractivity contribution < 1.29 is 19.4 Å². The topological polar surface area (TPSA) is 59.0 Å². The average molecular weight is 430 g/mol. The highest BCUT2D eigenvalue weighted by molar-refractivity contribution is 5.48. The molecule has 0 fully saturated rings. The fourth-order valence-corrected chi connectivity index (χ4v) is 3.78. The molecule has 180 valence electrons. The van der Waals surface area contributed by atoms with Crippen LogP contribution in [0.25, 0.3) is 0 Å². The van der Waals surface area contributed by atoms with Gasteiger partial charge in [0.2, 0.25) is 0 Å². The fourth-order valence-electron chi connectivity index (χ4n) is 3.78. The lowest BCUT2D eigenvalue weighted by Gasteiger charge is -2.22. The van der Waals surface area contributed by atoms with E-state index in [1.54, 1.807) is 0 Å². The summed E-state index contributed by atoms with van der Waals surface area (Å²) in [5.74, 6) is 0. The third-order valence-corrected chi connectivity index (χ3v) is 5.81. The molecule has 0 aromatic rings. The van der Waals surface area contributed by atoms with Crippen LogP contribution in [0.3, 0.4) is 0 Å². The first-order valence-electron chi connectivity index (χ1n) is 12.8. The van der Waals surface area contributed by atoms with Gasteiger partial charge in [-0.2, -0.15) is 0 Å². The van der Waals surface area contributed by atoms with E-state index in [2.05, 4.69) is 25.7 Å². The van der Waals surface area contributed by atoms with Crippen molar-refractivity contribution in [1.29, 1.82) is 0 Å². The molecule has 0 bridgehead atoms. The monoisotopic (exact) mass is 429 g/mol. The van der Waals surface area contributed by atoms with Crippen molar-refractivity contribution in [1.82, 2.24) is 4.90 Å². The molecule has 30 heavy (non-hydrogen) atoms. The number of ether oxygens (including phenoxy) is 2. The molecule has 1 N–H and O–H groups in total. The van der Waals surface area contributed by atoms with E-state index in [-0.39, 0.29) is 6.10 Å². The Balaban J connectivity index is 3.91. The molecule has 0 saturated carbocycles. The van der Waals surface area contributed by atoms with Gasteiger partial charge < -0.3 is 24.3 Å². The van der Waals surface area contributed by atoms with Gasteiger partial charge in [-0.25, -0.2) is 0 Å². The third kappa shape index (κ3) is 19.5. The quantitative estimate of drug-likeness (QED) is 0.114. The van der Waals surface area contributed by atoms with Crippen molar-refractivity contribution in [2.45, 2.75) is 130 Å². The maximum atomic E-state index is 10.6. The van der Waals surface area contributed by atoms with Crippen LogP contribution in [0.5, 0.6) is 0 Å². The molecule has 5 heteroatoms. The Kier molecular flexibility index (Phi) is 22.8. The van der Waals surface area contributed by atoms with Crippen molar-refractivity contribution >= 4 is 6.29 Å². The molecule has 0 aliphatic carbocycles. The smallest absolute Gasteiger partial charge is 0.269 e. The largest absolute Gasteiger partial charge is 0.346 e. The Morgan fingerprint density at radius 3 is 1.93 bits per heavy atom. The molecule has 0 aromatic carbocycles. The second-order valence-corrected chi connectivity index (χ2v) is 8.38. The lowest BCUT2D eigenvalue weighted by Crippen LogP contribution is -2.28. The van der Waals surface area contributed by atoms with Crippen molar-refractivity contribution in [3.8, 4) is 0 Å². The van der Waals surface area contributed by atoms with Gasteiger partial charge in [0.15, 0.2) is 0 Å². The number of aliphatic hydroxyl groups excluding tert-OH is 1. The molecule has 0 aliphatic rings. The summed E-state index contributed by atoms with van der Waals surface area (Å²) in [6.07, 6.45) is 18.0. The zero-order valence-corrected chi connectivity index (χ0v) is 20.3. The molecular formula is C25H51NO4. The van der Waals surface area contributed by atoms with Crippen molar-refractivity contribution in [2.75, 3.05) is 26.2 Å². The second-order valence-electron chi connectivity index (χ2n) is 8.38. The Morgan fingerprint density at radius 2 is 1.37 bits per heavy atom. The molecular weight excluding hydrogens is 378 g/mol. The number of carbonyl (C=O) groups is 1. The van der Waals surface area contributed by atoms with Crippen LogP contribution >= 0.6 is 0 Å². The van der Waals surface area contributed by atoms with Gasteiger partial charge in [0.05, 0.1) is 12.7 Å². The van der Waals surface area contributed by atoms with Crippen molar-refractivity contribution in [3.63, 3.8) is 0 Å². The maximum Gasteiger partial charge on any atom is 0.269 e. The minimum atomic E-state index is -1.16. The van der Waals surface area contributed by atoms with Crippen LogP contribution in [-0.4, -0.2) is 55.1 Å². The molecule has 0 amide bonds. The summed E-state index contributed by atoms with van der Waals surface area (Å²) in [7, 11) is 0. The van der Waals surface area contributed by atoms with Gasteiger partial charge in [-0.1, -0.05) is 85.0 Å². The number of carbonyl (C=O) groups excluding carboxylic acids is 1. The molecule has 0 saturated heterocycles. The van der Waals surface area contributed by atoms with E-state index in [9.17, 15) is 9.90 Å². The van der Waals surface area contributed by atoms with Crippen LogP contribution in [-0.2, 0) is 14.3 Å². The zero-order valence-electron chi connectivity index (χ0n) is 20.3. The van der Waals surface area contributed by atoms with Gasteiger partial charge in [0.25, 0.3) is 6.48 Å². The second kappa shape index (κ2) is 23.2. The Morgan fingerprint density at radius 1 is 0.800 bits per heavy atom. The summed E-state index contributed by atoms with van der Waals surface area (Å²) >= 11 is 0. The molecule has 5 nitrogen and oxygen atoms in total. The van der Waals surface area contributed by atoms with E-state index < -0.39 is 6.48 Å². The highest BCUT2D eigenvalue weighted by atomic mass is 16.8. The molecule has 0 heterocycles. The van der Waals surface area contributed by atoms with E-state index in [1.807, 2.05) is 0 Å². The maximum absolute atomic E-state index is 10.6. The molecule has 0 aromatic heterocycles. The number of nitrogens with zero attached hydrogens (tertiary/aromatic N) is 1. The fraction of sp³-hybridized carbons (Fsp3) is 0.960. The standard InChI is InChI=1S/C25H51NO4/c1-4-7-8-9-10-11-12-13-14-15-19-24(20-16-17-22-27)30-25(28)29-23-18-21-26(5-2)6-3/h22,24-25,28H,4-21,23H2,1-3H3. The van der Waals surface area contributed by atoms with Gasteiger partial charge in [-0.15, -0.1) is 0 Å². The van der Waals surface area contributed by atoms with Crippen LogP contribution < -0.4 is 0 Å². The summed E-state index contributed by atoms with van der Waals surface area (Å²) in [6.45, 7) is 8.94. The number of aldehydes is 1. The van der Waals surface area contributed by atoms with Crippen LogP contribution in [0.2, 0.25) is 0 Å². The highest BCUT2D eigenvalue weighted by Gasteiger charge is 2.15. The predicted molar refractivity (Wildman–Crippen MR) is 126 cm³/mol. The van der Waals surface area contributed by atoms with Crippen LogP contribution in [0.1, 0.15) is 117 Å². The molecule has 0 radical (unpaired) electrons. The predicted octanol–water partition coefficient (Wildman–Crippen LogP) is 6.08. The SMILES string of the molecule is CCCCCCCCCCCCC(CCCC=O)OC(O)OCCCN(CC)CC. The number of rotatable bonds is 24. The van der Waals surface area contributed by atoms with Gasteiger partial charge in [0.1, 0.15) is 6.29 Å². The number of unbranched alkanes of at least 4 members (excludes halogenated alkanes) is 10. The Labute approximate surface area is 186 Å². The van der Waals surface area contributed by atoms with Crippen LogP contribution in [0, 0.1) is 0 Å². The summed E-state index contributed by atoms with van der Waals surface area (Å²) in [5, 5.41) is 10.1. The first kappa shape index (κ1) is 29.5. The van der Waals surface area contributed by atoms with Gasteiger partial charge >= 0.3 is 0 Å². The lowest BCUT2D eigenvalue weighted by atomic mass is 10.0. The molecule has 0 aliphatic heterocycles. The third-order valence-electron chi connectivity index (χ3n) is 5.81. The Hall–Kier alpha value is -0.490. The number of aliphatic hydroxyl groups is 1.